The third-order valence-corrected chi connectivity index (χ3v) is 2.72. The molecule has 0 aliphatic carbocycles. The van der Waals surface area contributed by atoms with Gasteiger partial charge in [-0.05, 0) is 37.0 Å². The molecule has 0 N–H and O–H groups in total. The Bertz CT molecular complexity index is 426. The van der Waals surface area contributed by atoms with Crippen molar-refractivity contribution in [2.75, 3.05) is 6.61 Å². The molecule has 0 heterocycles. The van der Waals surface area contributed by atoms with E-state index in [9.17, 15) is 14.0 Å². The summed E-state index contributed by atoms with van der Waals surface area (Å²) >= 11 is 0. The van der Waals surface area contributed by atoms with E-state index in [0.29, 0.717) is 12.8 Å². The van der Waals surface area contributed by atoms with Crippen molar-refractivity contribution in [2.45, 2.75) is 33.1 Å². The first-order valence-electron chi connectivity index (χ1n) is 6.43. The Labute approximate surface area is 112 Å². The summed E-state index contributed by atoms with van der Waals surface area (Å²) in [6, 6.07) is 6.23. The van der Waals surface area contributed by atoms with Crippen LogP contribution in [0.25, 0.3) is 0 Å². The molecule has 0 radical (unpaired) electrons. The van der Waals surface area contributed by atoms with Gasteiger partial charge < -0.3 is 4.74 Å². The highest BCUT2D eigenvalue weighted by Crippen LogP contribution is 2.14. The summed E-state index contributed by atoms with van der Waals surface area (Å²) in [5, 5.41) is 0. The predicted molar refractivity (Wildman–Crippen MR) is 70.1 cm³/mol. The average Bonchev–Trinajstić information content (AvgIpc) is 2.32. The highest BCUT2D eigenvalue weighted by Gasteiger charge is 2.14. The zero-order chi connectivity index (χ0) is 14.3. The second kappa shape index (κ2) is 7.67. The number of Topliss-reactive ketones (excluding diaryl/α,β-unsaturated/α-hetero) is 1. The maximum atomic E-state index is 12.7. The molecular formula is C15H19FO3. The third-order valence-electron chi connectivity index (χ3n) is 2.72. The number of halogens is 1. The molecule has 0 fully saturated rings. The lowest BCUT2D eigenvalue weighted by Crippen LogP contribution is -2.14. The number of ketones is 1. The van der Waals surface area contributed by atoms with Crippen LogP contribution in [0.5, 0.6) is 0 Å². The van der Waals surface area contributed by atoms with Crippen molar-refractivity contribution in [2.24, 2.45) is 5.92 Å². The number of benzene rings is 1. The van der Waals surface area contributed by atoms with Crippen LogP contribution in [0.15, 0.2) is 24.3 Å². The molecule has 1 atom stereocenters. The van der Waals surface area contributed by atoms with Crippen molar-refractivity contribution < 1.29 is 18.7 Å². The molecule has 1 aromatic rings. The number of hydrogen-bond acceptors (Lipinski definition) is 3. The normalized spacial score (nSPS) is 11.9. The summed E-state index contributed by atoms with van der Waals surface area (Å²) in [7, 11) is 0. The maximum absolute atomic E-state index is 12.7. The van der Waals surface area contributed by atoms with Gasteiger partial charge in [0.2, 0.25) is 0 Å². The van der Waals surface area contributed by atoms with Crippen LogP contribution in [-0.4, -0.2) is 18.4 Å². The van der Waals surface area contributed by atoms with E-state index < -0.39 is 5.97 Å². The van der Waals surface area contributed by atoms with Gasteiger partial charge in [-0.15, -0.1) is 0 Å². The second-order valence-electron chi connectivity index (χ2n) is 4.66. The number of hydrogen-bond donors (Lipinski definition) is 0. The molecule has 4 heteroatoms. The SMILES string of the molecule is CCOC(=O)CC(=O)CC(C)Cc1ccc(F)cc1. The second-order valence-corrected chi connectivity index (χ2v) is 4.66. The highest BCUT2D eigenvalue weighted by atomic mass is 19.1. The van der Waals surface area contributed by atoms with Gasteiger partial charge in [0.15, 0.2) is 0 Å². The van der Waals surface area contributed by atoms with Gasteiger partial charge in [0.1, 0.15) is 18.0 Å². The van der Waals surface area contributed by atoms with E-state index in [-0.39, 0.29) is 30.5 Å². The Morgan fingerprint density at radius 1 is 1.26 bits per heavy atom. The Hall–Kier alpha value is -1.71. The molecule has 0 aliphatic heterocycles. The summed E-state index contributed by atoms with van der Waals surface area (Å²) in [4.78, 5) is 22.8. The van der Waals surface area contributed by atoms with Gasteiger partial charge in [-0.1, -0.05) is 19.1 Å². The zero-order valence-corrected chi connectivity index (χ0v) is 11.3. The molecule has 0 amide bonds. The fourth-order valence-electron chi connectivity index (χ4n) is 1.93. The quantitative estimate of drug-likeness (QED) is 0.563. The van der Waals surface area contributed by atoms with E-state index in [4.69, 9.17) is 4.74 Å². The van der Waals surface area contributed by atoms with E-state index in [2.05, 4.69) is 0 Å². The van der Waals surface area contributed by atoms with Crippen molar-refractivity contribution in [3.05, 3.63) is 35.6 Å². The van der Waals surface area contributed by atoms with Crippen LogP contribution in [0.3, 0.4) is 0 Å². The lowest BCUT2D eigenvalue weighted by atomic mass is 9.95. The number of ether oxygens (including phenoxy) is 1. The molecule has 0 aliphatic rings. The maximum Gasteiger partial charge on any atom is 0.313 e. The standard InChI is InChI=1S/C15H19FO3/c1-3-19-15(18)10-14(17)9-11(2)8-12-4-6-13(16)7-5-12/h4-7,11H,3,8-10H2,1-2H3. The van der Waals surface area contributed by atoms with E-state index >= 15 is 0 Å². The molecule has 1 aromatic carbocycles. The smallest absolute Gasteiger partial charge is 0.313 e. The molecule has 0 spiro atoms. The van der Waals surface area contributed by atoms with Gasteiger partial charge in [-0.2, -0.15) is 0 Å². The van der Waals surface area contributed by atoms with Gasteiger partial charge in [0.05, 0.1) is 6.61 Å². The minimum atomic E-state index is -0.471. The summed E-state index contributed by atoms with van der Waals surface area (Å²) in [6.45, 7) is 3.93. The average molecular weight is 266 g/mol. The predicted octanol–water partition coefficient (Wildman–Crippen LogP) is 2.92. The molecule has 1 rings (SSSR count). The third kappa shape index (κ3) is 6.13. The first-order chi connectivity index (χ1) is 9.01. The molecule has 3 nitrogen and oxygen atoms in total. The number of carbonyl (C=O) groups is 2. The fraction of sp³-hybridized carbons (Fsp3) is 0.467. The van der Waals surface area contributed by atoms with E-state index in [1.165, 1.54) is 12.1 Å². The largest absolute Gasteiger partial charge is 0.466 e. The number of rotatable bonds is 7. The van der Waals surface area contributed by atoms with Gasteiger partial charge in [0.25, 0.3) is 0 Å². The molecule has 1 unspecified atom stereocenters. The number of esters is 1. The van der Waals surface area contributed by atoms with E-state index in [1.54, 1.807) is 19.1 Å². The van der Waals surface area contributed by atoms with Gasteiger partial charge >= 0.3 is 5.97 Å². The summed E-state index contributed by atoms with van der Waals surface area (Å²) in [5.74, 6) is -0.739. The first kappa shape index (κ1) is 15.3. The molecule has 0 bridgehead atoms. The van der Waals surface area contributed by atoms with Crippen molar-refractivity contribution in [3.8, 4) is 0 Å². The summed E-state index contributed by atoms with van der Waals surface area (Å²) in [6.07, 6.45) is 0.854. The first-order valence-corrected chi connectivity index (χ1v) is 6.43. The van der Waals surface area contributed by atoms with Crippen molar-refractivity contribution in [1.82, 2.24) is 0 Å². The lowest BCUT2D eigenvalue weighted by Gasteiger charge is -2.10. The van der Waals surface area contributed by atoms with Crippen LogP contribution >= 0.6 is 0 Å². The molecule has 19 heavy (non-hydrogen) atoms. The molecule has 104 valence electrons. The van der Waals surface area contributed by atoms with Crippen LogP contribution in [0, 0.1) is 11.7 Å². The van der Waals surface area contributed by atoms with Crippen LogP contribution in [0.2, 0.25) is 0 Å². The molecule has 0 saturated heterocycles. The molecule has 0 aromatic heterocycles. The van der Waals surface area contributed by atoms with Crippen LogP contribution in [-0.2, 0) is 20.7 Å². The van der Waals surface area contributed by atoms with Gasteiger partial charge in [0, 0.05) is 6.42 Å². The van der Waals surface area contributed by atoms with Crippen molar-refractivity contribution >= 4 is 11.8 Å². The zero-order valence-electron chi connectivity index (χ0n) is 11.3. The lowest BCUT2D eigenvalue weighted by molar-refractivity contribution is -0.145. The highest BCUT2D eigenvalue weighted by molar-refractivity contribution is 5.95. The fourth-order valence-corrected chi connectivity index (χ4v) is 1.93. The summed E-state index contributed by atoms with van der Waals surface area (Å²) in [5.41, 5.74) is 0.984. The van der Waals surface area contributed by atoms with Gasteiger partial charge in [-0.25, -0.2) is 4.39 Å². The monoisotopic (exact) mass is 266 g/mol. The van der Waals surface area contributed by atoms with E-state index in [1.807, 2.05) is 6.92 Å². The number of carbonyl (C=O) groups excluding carboxylic acids is 2. The molecular weight excluding hydrogens is 247 g/mol. The molecule has 0 saturated carbocycles. The Kier molecular flexibility index (Phi) is 6.19. The topological polar surface area (TPSA) is 43.4 Å². The Balaban J connectivity index is 2.38. The van der Waals surface area contributed by atoms with Crippen LogP contribution in [0.1, 0.15) is 32.3 Å². The Morgan fingerprint density at radius 2 is 1.89 bits per heavy atom. The Morgan fingerprint density at radius 3 is 2.47 bits per heavy atom. The van der Waals surface area contributed by atoms with E-state index in [0.717, 1.165) is 5.56 Å². The summed E-state index contributed by atoms with van der Waals surface area (Å²) < 4.78 is 17.5. The van der Waals surface area contributed by atoms with Crippen LogP contribution in [0.4, 0.5) is 4.39 Å². The van der Waals surface area contributed by atoms with Gasteiger partial charge in [-0.3, -0.25) is 9.59 Å². The van der Waals surface area contributed by atoms with Crippen molar-refractivity contribution in [3.63, 3.8) is 0 Å². The van der Waals surface area contributed by atoms with Crippen molar-refractivity contribution in [1.29, 1.82) is 0 Å². The van der Waals surface area contributed by atoms with Crippen LogP contribution < -0.4 is 0 Å². The minimum absolute atomic E-state index is 0.118. The minimum Gasteiger partial charge on any atom is -0.466 e.